The molecule has 8 nitrogen and oxygen atoms in total. The maximum Gasteiger partial charge on any atom is 0.409 e. The number of amides is 1. The number of aryl methyl sites for hydroxylation is 2. The second-order valence-electron chi connectivity index (χ2n) is 9.87. The van der Waals surface area contributed by atoms with Crippen molar-refractivity contribution in [3.8, 4) is 11.3 Å². The molecule has 182 valence electrons. The van der Waals surface area contributed by atoms with Gasteiger partial charge < -0.3 is 14.5 Å². The summed E-state index contributed by atoms with van der Waals surface area (Å²) in [7, 11) is 0. The van der Waals surface area contributed by atoms with Gasteiger partial charge in [-0.1, -0.05) is 0 Å². The molecule has 2 saturated heterocycles. The van der Waals surface area contributed by atoms with E-state index >= 15 is 0 Å². The molecule has 1 amide bonds. The van der Waals surface area contributed by atoms with E-state index in [2.05, 4.69) is 24.8 Å². The maximum atomic E-state index is 14.9. The van der Waals surface area contributed by atoms with Crippen LogP contribution in [0.4, 0.5) is 15.0 Å². The van der Waals surface area contributed by atoms with Crippen molar-refractivity contribution in [1.82, 2.24) is 24.8 Å². The van der Waals surface area contributed by atoms with Gasteiger partial charge in [0, 0.05) is 62.5 Å². The molecule has 5 rings (SSSR count). The SMILES string of the molecule is CCOC(=O)N1CC2(CCC(N3CCN(c4ncccc4-c4nc(C)nc(C)c4F)CC3)C2)C1. The fourth-order valence-electron chi connectivity index (χ4n) is 5.89. The lowest BCUT2D eigenvalue weighted by Gasteiger charge is -2.48. The molecule has 34 heavy (non-hydrogen) atoms. The smallest absolute Gasteiger partial charge is 0.409 e. The van der Waals surface area contributed by atoms with E-state index < -0.39 is 0 Å². The van der Waals surface area contributed by atoms with Crippen LogP contribution in [-0.2, 0) is 4.74 Å². The van der Waals surface area contributed by atoms with Crippen molar-refractivity contribution >= 4 is 11.9 Å². The number of rotatable bonds is 4. The number of piperazine rings is 1. The fraction of sp³-hybridized carbons (Fsp3) is 0.600. The summed E-state index contributed by atoms with van der Waals surface area (Å²) in [6.45, 7) is 10.9. The standard InChI is InChI=1S/C25H33FN6O2/c1-4-34-24(33)32-15-25(16-32)8-7-19(14-25)30-10-12-31(13-11-30)23-20(6-5-9-27-23)22-21(26)17(2)28-18(3)29-22/h5-6,9,19H,4,7-8,10-16H2,1-3H3. The molecule has 1 aliphatic carbocycles. The van der Waals surface area contributed by atoms with Gasteiger partial charge in [-0.2, -0.15) is 0 Å². The van der Waals surface area contributed by atoms with Gasteiger partial charge in [-0.3, -0.25) is 4.90 Å². The third-order valence-corrected chi connectivity index (χ3v) is 7.56. The largest absolute Gasteiger partial charge is 0.450 e. The predicted molar refractivity (Wildman–Crippen MR) is 127 cm³/mol. The molecule has 3 fully saturated rings. The zero-order chi connectivity index (χ0) is 23.9. The highest BCUT2D eigenvalue weighted by molar-refractivity contribution is 5.74. The summed E-state index contributed by atoms with van der Waals surface area (Å²) in [6, 6.07) is 4.28. The lowest BCUT2D eigenvalue weighted by molar-refractivity contribution is -0.00294. The Labute approximate surface area is 200 Å². The first-order valence-corrected chi connectivity index (χ1v) is 12.3. The van der Waals surface area contributed by atoms with Crippen molar-refractivity contribution in [2.24, 2.45) is 5.41 Å². The number of ether oxygens (including phenoxy) is 1. The number of likely N-dealkylation sites (tertiary alicyclic amines) is 1. The minimum atomic E-state index is -0.382. The number of carbonyl (C=O) groups is 1. The zero-order valence-electron chi connectivity index (χ0n) is 20.3. The molecule has 2 aromatic rings. The van der Waals surface area contributed by atoms with Crippen molar-refractivity contribution in [2.45, 2.75) is 46.1 Å². The van der Waals surface area contributed by atoms with Gasteiger partial charge in [0.2, 0.25) is 0 Å². The van der Waals surface area contributed by atoms with Crippen LogP contribution < -0.4 is 4.90 Å². The topological polar surface area (TPSA) is 74.7 Å². The number of anilines is 1. The van der Waals surface area contributed by atoms with Crippen LogP contribution in [0.15, 0.2) is 18.3 Å². The van der Waals surface area contributed by atoms with Crippen LogP contribution in [0.3, 0.4) is 0 Å². The van der Waals surface area contributed by atoms with Crippen molar-refractivity contribution in [3.63, 3.8) is 0 Å². The second kappa shape index (κ2) is 9.09. The molecule has 2 aliphatic heterocycles. The van der Waals surface area contributed by atoms with Crippen molar-refractivity contribution in [2.75, 3.05) is 50.8 Å². The third kappa shape index (κ3) is 4.21. The van der Waals surface area contributed by atoms with Crippen molar-refractivity contribution in [3.05, 3.63) is 35.7 Å². The molecule has 2 aromatic heterocycles. The summed E-state index contributed by atoms with van der Waals surface area (Å²) in [5.41, 5.74) is 1.66. The number of halogens is 1. The first-order valence-electron chi connectivity index (χ1n) is 12.3. The Morgan fingerprint density at radius 3 is 2.71 bits per heavy atom. The molecule has 0 bridgehead atoms. The Morgan fingerprint density at radius 2 is 1.97 bits per heavy atom. The average molecular weight is 469 g/mol. The zero-order valence-corrected chi connectivity index (χ0v) is 20.3. The number of nitrogens with zero attached hydrogens (tertiary/aromatic N) is 6. The summed E-state index contributed by atoms with van der Waals surface area (Å²) < 4.78 is 20.0. The summed E-state index contributed by atoms with van der Waals surface area (Å²) in [4.78, 5) is 31.8. The second-order valence-corrected chi connectivity index (χ2v) is 9.87. The number of carbonyl (C=O) groups excluding carboxylic acids is 1. The molecule has 1 spiro atoms. The molecule has 3 aliphatic rings. The number of aromatic nitrogens is 3. The summed E-state index contributed by atoms with van der Waals surface area (Å²) in [5.74, 6) is 0.957. The van der Waals surface area contributed by atoms with Gasteiger partial charge in [0.15, 0.2) is 5.82 Å². The van der Waals surface area contributed by atoms with Gasteiger partial charge >= 0.3 is 6.09 Å². The Kier molecular flexibility index (Phi) is 6.14. The monoisotopic (exact) mass is 468 g/mol. The van der Waals surface area contributed by atoms with Gasteiger partial charge in [-0.15, -0.1) is 0 Å². The summed E-state index contributed by atoms with van der Waals surface area (Å²) in [5, 5.41) is 0. The Hall–Kier alpha value is -2.81. The highest BCUT2D eigenvalue weighted by Gasteiger charge is 2.51. The van der Waals surface area contributed by atoms with Gasteiger partial charge in [0.05, 0.1) is 12.3 Å². The summed E-state index contributed by atoms with van der Waals surface area (Å²) >= 11 is 0. The molecule has 1 unspecified atom stereocenters. The van der Waals surface area contributed by atoms with E-state index in [4.69, 9.17) is 4.74 Å². The number of hydrogen-bond donors (Lipinski definition) is 0. The van der Waals surface area contributed by atoms with Crippen LogP contribution >= 0.6 is 0 Å². The molecular weight excluding hydrogens is 435 g/mol. The van der Waals surface area contributed by atoms with E-state index in [0.717, 1.165) is 57.1 Å². The van der Waals surface area contributed by atoms with Crippen LogP contribution in [0, 0.1) is 25.1 Å². The number of pyridine rings is 1. The third-order valence-electron chi connectivity index (χ3n) is 7.56. The molecule has 0 aromatic carbocycles. The van der Waals surface area contributed by atoms with E-state index in [1.165, 1.54) is 12.8 Å². The first-order chi connectivity index (χ1) is 16.4. The van der Waals surface area contributed by atoms with Crippen molar-refractivity contribution < 1.29 is 13.9 Å². The van der Waals surface area contributed by atoms with Crippen molar-refractivity contribution in [1.29, 1.82) is 0 Å². The van der Waals surface area contributed by atoms with E-state index in [1.807, 2.05) is 24.0 Å². The van der Waals surface area contributed by atoms with Crippen LogP contribution in [-0.4, -0.2) is 82.8 Å². The van der Waals surface area contributed by atoms with E-state index in [1.54, 1.807) is 20.0 Å². The molecule has 0 radical (unpaired) electrons. The normalized spacial score (nSPS) is 22.2. The highest BCUT2D eigenvalue weighted by Crippen LogP contribution is 2.47. The minimum absolute atomic E-state index is 0.179. The minimum Gasteiger partial charge on any atom is -0.450 e. The molecular formula is C25H33FN6O2. The molecule has 0 N–H and O–H groups in total. The first kappa shape index (κ1) is 23.0. The highest BCUT2D eigenvalue weighted by atomic mass is 19.1. The lowest BCUT2D eigenvalue weighted by Crippen LogP contribution is -2.58. The Balaban J connectivity index is 1.23. The van der Waals surface area contributed by atoms with Gasteiger partial charge in [-0.25, -0.2) is 24.1 Å². The van der Waals surface area contributed by atoms with Gasteiger partial charge in [0.25, 0.3) is 0 Å². The van der Waals surface area contributed by atoms with E-state index in [-0.39, 0.29) is 17.3 Å². The quantitative estimate of drug-likeness (QED) is 0.681. The maximum absolute atomic E-state index is 14.9. The molecule has 1 saturated carbocycles. The van der Waals surface area contributed by atoms with Gasteiger partial charge in [0.1, 0.15) is 17.3 Å². The van der Waals surface area contributed by atoms with Gasteiger partial charge in [-0.05, 0) is 52.2 Å². The van der Waals surface area contributed by atoms with E-state index in [9.17, 15) is 9.18 Å². The Bertz CT molecular complexity index is 1070. The average Bonchev–Trinajstić information content (AvgIpc) is 3.27. The van der Waals surface area contributed by atoms with Crippen LogP contribution in [0.1, 0.15) is 37.7 Å². The van der Waals surface area contributed by atoms with E-state index in [0.29, 0.717) is 29.9 Å². The fourth-order valence-corrected chi connectivity index (χ4v) is 5.89. The Morgan fingerprint density at radius 1 is 1.21 bits per heavy atom. The number of hydrogen-bond acceptors (Lipinski definition) is 7. The predicted octanol–water partition coefficient (Wildman–Crippen LogP) is 3.43. The van der Waals surface area contributed by atoms with Crippen LogP contribution in [0.5, 0.6) is 0 Å². The molecule has 1 atom stereocenters. The lowest BCUT2D eigenvalue weighted by atomic mass is 9.78. The molecule has 9 heteroatoms. The molecule has 4 heterocycles. The van der Waals surface area contributed by atoms with Crippen LogP contribution in [0.25, 0.3) is 11.3 Å². The van der Waals surface area contributed by atoms with Crippen LogP contribution in [0.2, 0.25) is 0 Å². The summed E-state index contributed by atoms with van der Waals surface area (Å²) in [6.07, 6.45) is 5.07.